The Balaban J connectivity index is 1.83. The second kappa shape index (κ2) is 4.59. The smallest absolute Gasteiger partial charge is 0.235 e. The van der Waals surface area contributed by atoms with E-state index < -0.39 is 17.0 Å². The van der Waals surface area contributed by atoms with Gasteiger partial charge in [-0.2, -0.15) is 0 Å². The largest absolute Gasteiger partial charge is 0.359 e. The van der Waals surface area contributed by atoms with Gasteiger partial charge in [0.2, 0.25) is 11.6 Å². The van der Waals surface area contributed by atoms with E-state index in [1.807, 2.05) is 0 Å². The van der Waals surface area contributed by atoms with E-state index in [9.17, 15) is 19.5 Å². The lowest BCUT2D eigenvalue weighted by Crippen LogP contribution is -2.61. The Morgan fingerprint density at radius 1 is 1.00 bits per heavy atom. The SMILES string of the molecule is C[C@@]12CCC[C@]3(C)c4cc5c(cc4C(=O)[C@](O)(OC1)[C@H]23)C(=O)C=CC5=O. The number of rotatable bonds is 0. The van der Waals surface area contributed by atoms with Crippen molar-refractivity contribution in [1.29, 1.82) is 0 Å². The van der Waals surface area contributed by atoms with Gasteiger partial charge in [0.25, 0.3) is 0 Å². The van der Waals surface area contributed by atoms with E-state index >= 15 is 0 Å². The van der Waals surface area contributed by atoms with E-state index in [0.29, 0.717) is 17.7 Å². The number of hydrogen-bond donors (Lipinski definition) is 1. The Hall–Kier alpha value is -2.11. The molecule has 5 nitrogen and oxygen atoms in total. The Morgan fingerprint density at radius 2 is 1.65 bits per heavy atom. The highest BCUT2D eigenvalue weighted by Crippen LogP contribution is 2.64. The molecular formula is C21H20O5. The summed E-state index contributed by atoms with van der Waals surface area (Å²) < 4.78 is 5.73. The first-order chi connectivity index (χ1) is 12.2. The molecule has 0 spiro atoms. The minimum absolute atomic E-state index is 0.222. The second-order valence-electron chi connectivity index (χ2n) is 8.68. The second-order valence-corrected chi connectivity index (χ2v) is 8.68. The maximum Gasteiger partial charge on any atom is 0.235 e. The highest BCUT2D eigenvalue weighted by Gasteiger charge is 2.70. The molecule has 0 aromatic heterocycles. The zero-order valence-corrected chi connectivity index (χ0v) is 14.8. The first kappa shape index (κ1) is 16.1. The molecule has 2 fully saturated rings. The zero-order chi connectivity index (χ0) is 18.5. The predicted octanol–water partition coefficient (Wildman–Crippen LogP) is 2.60. The number of fused-ring (bicyclic) bond motifs is 3. The molecule has 5 rings (SSSR count). The van der Waals surface area contributed by atoms with Crippen molar-refractivity contribution in [2.24, 2.45) is 11.3 Å². The quantitative estimate of drug-likeness (QED) is 0.776. The molecule has 0 radical (unpaired) electrons. The Morgan fingerprint density at radius 3 is 2.35 bits per heavy atom. The number of aliphatic hydroxyl groups is 1. The summed E-state index contributed by atoms with van der Waals surface area (Å²) in [5.74, 6) is -3.23. The molecule has 0 bridgehead atoms. The molecule has 1 heterocycles. The van der Waals surface area contributed by atoms with Crippen molar-refractivity contribution in [2.75, 3.05) is 6.61 Å². The van der Waals surface area contributed by atoms with Crippen molar-refractivity contribution in [1.82, 2.24) is 0 Å². The number of Topliss-reactive ketones (excluding diaryl/α,β-unsaturated/α-hetero) is 1. The molecule has 4 aliphatic rings. The molecule has 0 unspecified atom stereocenters. The van der Waals surface area contributed by atoms with Gasteiger partial charge in [0.1, 0.15) is 0 Å². The molecule has 1 N–H and O–H groups in total. The molecule has 3 aliphatic carbocycles. The van der Waals surface area contributed by atoms with Crippen LogP contribution in [0.2, 0.25) is 0 Å². The molecule has 1 aliphatic heterocycles. The van der Waals surface area contributed by atoms with Gasteiger partial charge in [-0.1, -0.05) is 20.3 Å². The number of ketones is 3. The number of hydrogen-bond acceptors (Lipinski definition) is 5. The van der Waals surface area contributed by atoms with Gasteiger partial charge in [0, 0.05) is 33.4 Å². The molecule has 134 valence electrons. The first-order valence-corrected chi connectivity index (χ1v) is 9.07. The summed E-state index contributed by atoms with van der Waals surface area (Å²) in [4.78, 5) is 37.8. The maximum absolute atomic E-state index is 13.2. The number of carbonyl (C=O) groups excluding carboxylic acids is 3. The zero-order valence-electron chi connectivity index (χ0n) is 14.8. The van der Waals surface area contributed by atoms with Gasteiger partial charge in [-0.3, -0.25) is 14.4 Å². The highest BCUT2D eigenvalue weighted by atomic mass is 16.6. The van der Waals surface area contributed by atoms with Crippen LogP contribution in [-0.2, 0) is 10.2 Å². The lowest BCUT2D eigenvalue weighted by molar-refractivity contribution is -0.176. The van der Waals surface area contributed by atoms with Crippen LogP contribution >= 0.6 is 0 Å². The average molecular weight is 352 g/mol. The van der Waals surface area contributed by atoms with Crippen LogP contribution in [0.1, 0.15) is 69.7 Å². The van der Waals surface area contributed by atoms with E-state index in [0.717, 1.165) is 24.8 Å². The standard InChI is InChI=1S/C21H20O5/c1-19-6-3-7-20(2)14-9-12-11(15(22)4-5-16(12)23)8-13(14)17(24)21(25,18(19)20)26-10-19/h4-5,8-9,18,25H,3,6-7,10H2,1-2H3/t18-,19-,20-,21+/m1/s1. The minimum Gasteiger partial charge on any atom is -0.359 e. The normalized spacial score (nSPS) is 40.3. The van der Waals surface area contributed by atoms with Crippen LogP contribution in [0, 0.1) is 11.3 Å². The summed E-state index contributed by atoms with van der Waals surface area (Å²) in [6, 6.07) is 3.21. The predicted molar refractivity (Wildman–Crippen MR) is 92.3 cm³/mol. The summed E-state index contributed by atoms with van der Waals surface area (Å²) in [5.41, 5.74) is 0.885. The van der Waals surface area contributed by atoms with Gasteiger partial charge in [0.15, 0.2) is 11.6 Å². The fourth-order valence-corrected chi connectivity index (χ4v) is 6.01. The Bertz CT molecular complexity index is 944. The number of allylic oxidation sites excluding steroid dienone is 2. The van der Waals surface area contributed by atoms with Crippen LogP contribution in [-0.4, -0.2) is 34.9 Å². The van der Waals surface area contributed by atoms with Crippen molar-refractivity contribution >= 4 is 17.3 Å². The monoisotopic (exact) mass is 352 g/mol. The Kier molecular flexibility index (Phi) is 2.84. The van der Waals surface area contributed by atoms with Crippen molar-refractivity contribution in [3.8, 4) is 0 Å². The van der Waals surface area contributed by atoms with Gasteiger partial charge in [-0.15, -0.1) is 0 Å². The van der Waals surface area contributed by atoms with Crippen molar-refractivity contribution in [3.63, 3.8) is 0 Å². The summed E-state index contributed by atoms with van der Waals surface area (Å²) in [5, 5.41) is 11.2. The van der Waals surface area contributed by atoms with Gasteiger partial charge < -0.3 is 9.84 Å². The fraction of sp³-hybridized carbons (Fsp3) is 0.476. The molecular weight excluding hydrogens is 332 g/mol. The maximum atomic E-state index is 13.2. The van der Waals surface area contributed by atoms with Gasteiger partial charge in [0.05, 0.1) is 6.61 Å². The molecule has 4 atom stereocenters. The first-order valence-electron chi connectivity index (χ1n) is 9.07. The molecule has 1 saturated carbocycles. The van der Waals surface area contributed by atoms with Crippen molar-refractivity contribution in [2.45, 2.75) is 44.3 Å². The van der Waals surface area contributed by atoms with Crippen molar-refractivity contribution in [3.05, 3.63) is 46.5 Å². The number of ether oxygens (including phenoxy) is 1. The van der Waals surface area contributed by atoms with Gasteiger partial charge in [-0.25, -0.2) is 0 Å². The van der Waals surface area contributed by atoms with E-state index in [1.165, 1.54) is 18.2 Å². The van der Waals surface area contributed by atoms with E-state index in [2.05, 4.69) is 13.8 Å². The molecule has 26 heavy (non-hydrogen) atoms. The topological polar surface area (TPSA) is 80.7 Å². The summed E-state index contributed by atoms with van der Waals surface area (Å²) in [6.45, 7) is 4.46. The van der Waals surface area contributed by atoms with E-state index in [-0.39, 0.29) is 28.5 Å². The van der Waals surface area contributed by atoms with Gasteiger partial charge in [-0.05, 0) is 42.7 Å². The molecule has 1 saturated heterocycles. The number of benzene rings is 1. The molecule has 1 aromatic rings. The lowest BCUT2D eigenvalue weighted by atomic mass is 9.49. The van der Waals surface area contributed by atoms with Crippen LogP contribution in [0.4, 0.5) is 0 Å². The average Bonchev–Trinajstić information content (AvgIpc) is 2.90. The third-order valence-corrected chi connectivity index (χ3v) is 7.05. The minimum atomic E-state index is -1.86. The highest BCUT2D eigenvalue weighted by molar-refractivity contribution is 6.23. The third-order valence-electron chi connectivity index (χ3n) is 7.05. The summed E-state index contributed by atoms with van der Waals surface area (Å²) in [6.07, 6.45) is 5.16. The van der Waals surface area contributed by atoms with Crippen LogP contribution in [0.15, 0.2) is 24.3 Å². The van der Waals surface area contributed by atoms with Crippen LogP contribution in [0.25, 0.3) is 0 Å². The molecule has 0 amide bonds. The summed E-state index contributed by atoms with van der Waals surface area (Å²) >= 11 is 0. The van der Waals surface area contributed by atoms with Crippen molar-refractivity contribution < 1.29 is 24.2 Å². The van der Waals surface area contributed by atoms with Crippen LogP contribution < -0.4 is 0 Å². The molecule has 1 aromatic carbocycles. The van der Waals surface area contributed by atoms with E-state index in [1.54, 1.807) is 6.07 Å². The number of carbonyl (C=O) groups is 3. The van der Waals surface area contributed by atoms with Crippen LogP contribution in [0.3, 0.4) is 0 Å². The fourth-order valence-electron chi connectivity index (χ4n) is 6.01. The lowest BCUT2D eigenvalue weighted by Gasteiger charge is -2.54. The van der Waals surface area contributed by atoms with E-state index in [4.69, 9.17) is 4.74 Å². The van der Waals surface area contributed by atoms with Gasteiger partial charge >= 0.3 is 0 Å². The molecule has 5 heteroatoms. The van der Waals surface area contributed by atoms with Crippen LogP contribution in [0.5, 0.6) is 0 Å². The third kappa shape index (κ3) is 1.66. The Labute approximate surface area is 151 Å². The summed E-state index contributed by atoms with van der Waals surface area (Å²) in [7, 11) is 0.